The average molecular weight is 486 g/mol. The van der Waals surface area contributed by atoms with E-state index in [-0.39, 0.29) is 11.7 Å². The van der Waals surface area contributed by atoms with Crippen molar-refractivity contribution in [1.29, 1.82) is 0 Å². The predicted molar refractivity (Wildman–Crippen MR) is 124 cm³/mol. The fourth-order valence-electron chi connectivity index (χ4n) is 2.99. The van der Waals surface area contributed by atoms with E-state index in [1.807, 2.05) is 42.9 Å². The summed E-state index contributed by atoms with van der Waals surface area (Å²) in [6, 6.07) is 13.5. The number of nitro benzene ring substituents is 1. The summed E-state index contributed by atoms with van der Waals surface area (Å²) in [5.41, 5.74) is 1.50. The van der Waals surface area contributed by atoms with Crippen molar-refractivity contribution in [3.8, 4) is 17.1 Å². The van der Waals surface area contributed by atoms with Crippen LogP contribution in [0.4, 0.5) is 5.69 Å². The molecule has 0 bridgehead atoms. The van der Waals surface area contributed by atoms with E-state index in [1.54, 1.807) is 12.1 Å². The van der Waals surface area contributed by atoms with E-state index in [0.717, 1.165) is 11.5 Å². The molecule has 12 heteroatoms. The minimum atomic E-state index is -0.456. The number of rotatable bonds is 8. The molecule has 0 aliphatic rings. The number of non-ortho nitro benzene ring substituents is 1. The molecule has 4 aromatic rings. The van der Waals surface area contributed by atoms with Crippen molar-refractivity contribution in [1.82, 2.24) is 29.9 Å². The number of nitro groups is 1. The molecule has 2 aromatic heterocycles. The van der Waals surface area contributed by atoms with Crippen molar-refractivity contribution >= 4 is 29.1 Å². The number of aromatic nitrogens is 5. The lowest BCUT2D eigenvalue weighted by Gasteiger charge is -2.20. The number of thioether (sulfide) groups is 1. The zero-order chi connectivity index (χ0) is 23.5. The molecular formula is C21H20ClN7O3S. The van der Waals surface area contributed by atoms with Crippen LogP contribution in [0.5, 0.6) is 0 Å². The molecule has 10 nitrogen and oxygen atoms in total. The Bertz CT molecular complexity index is 1260. The van der Waals surface area contributed by atoms with Gasteiger partial charge in [0.25, 0.3) is 5.69 Å². The highest BCUT2D eigenvalue weighted by Crippen LogP contribution is 2.30. The second-order valence-electron chi connectivity index (χ2n) is 7.39. The molecule has 2 aromatic carbocycles. The summed E-state index contributed by atoms with van der Waals surface area (Å²) in [5, 5.41) is 29.1. The molecule has 33 heavy (non-hydrogen) atoms. The molecule has 1 atom stereocenters. The molecular weight excluding hydrogens is 466 g/mol. The SMILES string of the molecule is CC(c1nnc(SCc2nnc(-c3ccc([N+](=O)[O-])cc3)o2)n1-c1ccc(Cl)cc1)N(C)C. The Balaban J connectivity index is 1.56. The first-order chi connectivity index (χ1) is 15.8. The van der Waals surface area contributed by atoms with Crippen molar-refractivity contribution in [2.24, 2.45) is 0 Å². The standard InChI is InChI=1S/C21H20ClN7O3S/c1-13(27(2)3)19-24-26-21(28(19)16-10-6-15(22)7-11-16)33-12-18-23-25-20(32-18)14-4-8-17(9-5-14)29(30)31/h4-11,13H,12H2,1-3H3. The van der Waals surface area contributed by atoms with Gasteiger partial charge in [0.05, 0.1) is 16.7 Å². The Hall–Kier alpha value is -3.28. The van der Waals surface area contributed by atoms with Gasteiger partial charge in [-0.1, -0.05) is 23.4 Å². The number of hydrogen-bond acceptors (Lipinski definition) is 9. The van der Waals surface area contributed by atoms with Crippen LogP contribution in [0.3, 0.4) is 0 Å². The molecule has 0 fully saturated rings. The van der Waals surface area contributed by atoms with E-state index in [9.17, 15) is 10.1 Å². The molecule has 0 aliphatic heterocycles. The van der Waals surface area contributed by atoms with Crippen molar-refractivity contribution in [2.75, 3.05) is 14.1 Å². The van der Waals surface area contributed by atoms with Gasteiger partial charge < -0.3 is 4.42 Å². The van der Waals surface area contributed by atoms with Crippen LogP contribution in [0.15, 0.2) is 58.1 Å². The van der Waals surface area contributed by atoms with Crippen LogP contribution < -0.4 is 0 Å². The van der Waals surface area contributed by atoms with Gasteiger partial charge in [-0.2, -0.15) is 0 Å². The van der Waals surface area contributed by atoms with Gasteiger partial charge in [0, 0.05) is 28.4 Å². The number of halogens is 1. The Morgan fingerprint density at radius 3 is 2.42 bits per heavy atom. The lowest BCUT2D eigenvalue weighted by Crippen LogP contribution is -2.20. The first kappa shape index (κ1) is 22.9. The lowest BCUT2D eigenvalue weighted by molar-refractivity contribution is -0.384. The zero-order valence-electron chi connectivity index (χ0n) is 18.0. The Morgan fingerprint density at radius 2 is 1.79 bits per heavy atom. The van der Waals surface area contributed by atoms with Gasteiger partial charge in [-0.05, 0) is 57.4 Å². The van der Waals surface area contributed by atoms with Gasteiger partial charge in [0.2, 0.25) is 11.8 Å². The normalized spacial score (nSPS) is 12.3. The van der Waals surface area contributed by atoms with Crippen molar-refractivity contribution in [3.05, 3.63) is 75.4 Å². The number of benzene rings is 2. The molecule has 1 unspecified atom stereocenters. The summed E-state index contributed by atoms with van der Waals surface area (Å²) in [4.78, 5) is 12.4. The Morgan fingerprint density at radius 1 is 1.09 bits per heavy atom. The van der Waals surface area contributed by atoms with E-state index in [1.165, 1.54) is 23.9 Å². The highest BCUT2D eigenvalue weighted by molar-refractivity contribution is 7.98. The average Bonchev–Trinajstić information content (AvgIpc) is 3.45. The second-order valence-corrected chi connectivity index (χ2v) is 8.76. The van der Waals surface area contributed by atoms with Gasteiger partial charge in [0.1, 0.15) is 0 Å². The Labute approximate surface area is 198 Å². The summed E-state index contributed by atoms with van der Waals surface area (Å²) >= 11 is 7.49. The van der Waals surface area contributed by atoms with E-state index in [0.29, 0.717) is 33.3 Å². The van der Waals surface area contributed by atoms with Gasteiger partial charge in [-0.15, -0.1) is 20.4 Å². The van der Waals surface area contributed by atoms with Crippen LogP contribution >= 0.6 is 23.4 Å². The largest absolute Gasteiger partial charge is 0.420 e. The van der Waals surface area contributed by atoms with E-state index in [2.05, 4.69) is 32.2 Å². The molecule has 0 saturated carbocycles. The highest BCUT2D eigenvalue weighted by Gasteiger charge is 2.22. The number of nitrogens with zero attached hydrogens (tertiary/aromatic N) is 7. The lowest BCUT2D eigenvalue weighted by atomic mass is 10.2. The summed E-state index contributed by atoms with van der Waals surface area (Å²) in [5.74, 6) is 1.87. The van der Waals surface area contributed by atoms with E-state index < -0.39 is 4.92 Å². The monoisotopic (exact) mass is 485 g/mol. The first-order valence-corrected chi connectivity index (χ1v) is 11.3. The quantitative estimate of drug-likeness (QED) is 0.197. The predicted octanol–water partition coefficient (Wildman–Crippen LogP) is 4.79. The third-order valence-electron chi connectivity index (χ3n) is 5.01. The smallest absolute Gasteiger partial charge is 0.269 e. The Kier molecular flexibility index (Phi) is 6.72. The maximum atomic E-state index is 10.8. The van der Waals surface area contributed by atoms with Gasteiger partial charge in [0.15, 0.2) is 11.0 Å². The van der Waals surface area contributed by atoms with Gasteiger partial charge in [-0.25, -0.2) is 0 Å². The minimum absolute atomic E-state index is 0.00154. The third kappa shape index (κ3) is 5.05. The zero-order valence-corrected chi connectivity index (χ0v) is 19.6. The van der Waals surface area contributed by atoms with Crippen LogP contribution in [0.1, 0.15) is 24.7 Å². The molecule has 0 saturated heterocycles. The molecule has 2 heterocycles. The molecule has 0 amide bonds. The molecule has 170 valence electrons. The first-order valence-electron chi connectivity index (χ1n) is 9.91. The summed E-state index contributed by atoms with van der Waals surface area (Å²) in [6.07, 6.45) is 0. The highest BCUT2D eigenvalue weighted by atomic mass is 35.5. The fraction of sp³-hybridized carbons (Fsp3) is 0.238. The number of hydrogen-bond donors (Lipinski definition) is 0. The topological polar surface area (TPSA) is 116 Å². The van der Waals surface area contributed by atoms with Crippen LogP contribution in [-0.4, -0.2) is 48.9 Å². The fourth-order valence-corrected chi connectivity index (χ4v) is 3.91. The summed E-state index contributed by atoms with van der Waals surface area (Å²) in [6.45, 7) is 2.05. The maximum Gasteiger partial charge on any atom is 0.269 e. The third-order valence-corrected chi connectivity index (χ3v) is 6.17. The minimum Gasteiger partial charge on any atom is -0.420 e. The van der Waals surface area contributed by atoms with Gasteiger partial charge in [-0.3, -0.25) is 19.6 Å². The molecule has 0 spiro atoms. The molecule has 0 N–H and O–H groups in total. The van der Waals surface area contributed by atoms with Crippen molar-refractivity contribution in [2.45, 2.75) is 23.9 Å². The summed E-state index contributed by atoms with van der Waals surface area (Å²) in [7, 11) is 3.97. The van der Waals surface area contributed by atoms with E-state index >= 15 is 0 Å². The van der Waals surface area contributed by atoms with Crippen molar-refractivity contribution < 1.29 is 9.34 Å². The molecule has 0 aliphatic carbocycles. The van der Waals surface area contributed by atoms with Crippen LogP contribution in [0.25, 0.3) is 17.1 Å². The second kappa shape index (κ2) is 9.69. The summed E-state index contributed by atoms with van der Waals surface area (Å²) < 4.78 is 7.73. The van der Waals surface area contributed by atoms with Gasteiger partial charge >= 0.3 is 0 Å². The van der Waals surface area contributed by atoms with Crippen LogP contribution in [0, 0.1) is 10.1 Å². The van der Waals surface area contributed by atoms with Crippen LogP contribution in [0.2, 0.25) is 5.02 Å². The molecule has 4 rings (SSSR count). The van der Waals surface area contributed by atoms with Crippen molar-refractivity contribution in [3.63, 3.8) is 0 Å². The molecule has 0 radical (unpaired) electrons. The maximum absolute atomic E-state index is 10.8. The van der Waals surface area contributed by atoms with Crippen LogP contribution in [-0.2, 0) is 5.75 Å². The van der Waals surface area contributed by atoms with E-state index in [4.69, 9.17) is 16.0 Å².